The van der Waals surface area contributed by atoms with Crippen molar-refractivity contribution in [1.82, 2.24) is 40.0 Å². The summed E-state index contributed by atoms with van der Waals surface area (Å²) in [6.07, 6.45) is 4.74. The minimum absolute atomic E-state index is 0.0949. The van der Waals surface area contributed by atoms with Crippen molar-refractivity contribution < 1.29 is 23.9 Å². The van der Waals surface area contributed by atoms with Gasteiger partial charge in [0.25, 0.3) is 0 Å². The maximum absolute atomic E-state index is 14.0. The van der Waals surface area contributed by atoms with Crippen LogP contribution in [-0.2, 0) is 20.9 Å². The summed E-state index contributed by atoms with van der Waals surface area (Å²) < 4.78 is 11.1. The molecule has 2 aromatic heterocycles. The van der Waals surface area contributed by atoms with Crippen molar-refractivity contribution in [2.75, 3.05) is 34.3 Å². The lowest BCUT2D eigenvalue weighted by molar-refractivity contribution is -0.137. The highest BCUT2D eigenvalue weighted by Gasteiger charge is 2.39. The second-order valence-electron chi connectivity index (χ2n) is 16.9. The Morgan fingerprint density at radius 2 is 1.48 bits per heavy atom. The first-order valence-corrected chi connectivity index (χ1v) is 21.2. The number of hydrogen-bond donors (Lipinski definition) is 3. The van der Waals surface area contributed by atoms with E-state index in [1.165, 1.54) is 7.11 Å². The summed E-state index contributed by atoms with van der Waals surface area (Å²) in [5, 5.41) is 4.93. The van der Waals surface area contributed by atoms with Gasteiger partial charge in [-0.05, 0) is 97.4 Å². The third kappa shape index (κ3) is 7.63. The van der Waals surface area contributed by atoms with E-state index in [1.807, 2.05) is 79.2 Å². The molecule has 13 nitrogen and oxygen atoms in total. The smallest absolute Gasteiger partial charge is 0.407 e. The number of hydrogen-bond acceptors (Lipinski definition) is 8. The number of alkyl carbamates (subject to hydrolysis) is 1. The number of benzene rings is 4. The van der Waals surface area contributed by atoms with Crippen LogP contribution in [0, 0.1) is 5.92 Å². The molecule has 4 aromatic carbocycles. The number of H-pyrrole nitrogens is 2. The van der Waals surface area contributed by atoms with Crippen LogP contribution in [-0.4, -0.2) is 92.9 Å². The number of likely N-dealkylation sites (tertiary alicyclic amines) is 2. The highest BCUT2D eigenvalue weighted by atomic mass is 16.5. The fourth-order valence-electron chi connectivity index (χ4n) is 9.28. The average molecular weight is 821 g/mol. The highest BCUT2D eigenvalue weighted by molar-refractivity contribution is 5.91. The van der Waals surface area contributed by atoms with Crippen LogP contribution in [0.5, 0.6) is 5.75 Å². The fourth-order valence-corrected chi connectivity index (χ4v) is 9.28. The minimum Gasteiger partial charge on any atom is -0.487 e. The van der Waals surface area contributed by atoms with Gasteiger partial charge < -0.3 is 34.6 Å². The molecule has 3 aliphatic rings. The number of imidazole rings is 2. The van der Waals surface area contributed by atoms with Crippen molar-refractivity contribution >= 4 is 28.7 Å². The summed E-state index contributed by atoms with van der Waals surface area (Å²) in [6.45, 7) is 5.45. The Kier molecular flexibility index (Phi) is 10.8. The number of aromatic nitrogens is 4. The molecule has 0 spiro atoms. The number of aromatic amines is 2. The molecule has 5 heterocycles. The predicted molar refractivity (Wildman–Crippen MR) is 233 cm³/mol. The number of methoxy groups -OCH3 is 1. The van der Waals surface area contributed by atoms with E-state index in [4.69, 9.17) is 19.4 Å². The molecule has 0 saturated carbocycles. The summed E-state index contributed by atoms with van der Waals surface area (Å²) in [5.41, 5.74) is 7.56. The van der Waals surface area contributed by atoms with Gasteiger partial charge in [0.1, 0.15) is 36.1 Å². The zero-order valence-electron chi connectivity index (χ0n) is 35.3. The van der Waals surface area contributed by atoms with E-state index < -0.39 is 12.1 Å². The molecule has 0 unspecified atom stereocenters. The first kappa shape index (κ1) is 40.0. The van der Waals surface area contributed by atoms with Gasteiger partial charge in [0.15, 0.2) is 0 Å². The van der Waals surface area contributed by atoms with Crippen LogP contribution in [0.4, 0.5) is 4.79 Å². The Hall–Kier alpha value is -6.47. The second-order valence-corrected chi connectivity index (χ2v) is 16.9. The number of likely N-dealkylation sites (N-methyl/N-ethyl adjacent to an activating group) is 1. The number of rotatable bonds is 10. The normalized spacial score (nSPS) is 18.2. The van der Waals surface area contributed by atoms with Crippen LogP contribution in [0.3, 0.4) is 0 Å². The van der Waals surface area contributed by atoms with E-state index >= 15 is 0 Å². The molecule has 2 fully saturated rings. The summed E-state index contributed by atoms with van der Waals surface area (Å²) in [4.78, 5) is 62.5. The van der Waals surface area contributed by atoms with Gasteiger partial charge in [-0.2, -0.15) is 0 Å². The Morgan fingerprint density at radius 3 is 2.18 bits per heavy atom. The molecule has 0 bridgehead atoms. The molecule has 61 heavy (non-hydrogen) atoms. The quantitative estimate of drug-likeness (QED) is 0.125. The Bertz CT molecular complexity index is 2600. The molecule has 2 saturated heterocycles. The molecule has 4 atom stereocenters. The summed E-state index contributed by atoms with van der Waals surface area (Å²) >= 11 is 0. The van der Waals surface area contributed by atoms with Crippen molar-refractivity contribution in [2.24, 2.45) is 5.92 Å². The highest BCUT2D eigenvalue weighted by Crippen LogP contribution is 2.42. The summed E-state index contributed by atoms with van der Waals surface area (Å²) in [6, 6.07) is 27.7. The van der Waals surface area contributed by atoms with Crippen LogP contribution < -0.4 is 10.1 Å². The largest absolute Gasteiger partial charge is 0.487 e. The molecule has 9 rings (SSSR count). The molecule has 0 radical (unpaired) electrons. The van der Waals surface area contributed by atoms with Crippen molar-refractivity contribution in [3.63, 3.8) is 0 Å². The zero-order chi connectivity index (χ0) is 42.4. The van der Waals surface area contributed by atoms with Crippen LogP contribution in [0.15, 0.2) is 91.1 Å². The predicted octanol–water partition coefficient (Wildman–Crippen LogP) is 8.19. The number of carbonyl (C=O) groups is 3. The maximum Gasteiger partial charge on any atom is 0.407 e. The van der Waals surface area contributed by atoms with E-state index in [0.717, 1.165) is 98.8 Å². The van der Waals surface area contributed by atoms with Crippen molar-refractivity contribution in [3.05, 3.63) is 114 Å². The maximum atomic E-state index is 14.0. The van der Waals surface area contributed by atoms with Gasteiger partial charge in [-0.25, -0.2) is 14.8 Å². The van der Waals surface area contributed by atoms with Crippen molar-refractivity contribution in [3.8, 4) is 39.4 Å². The van der Waals surface area contributed by atoms with Gasteiger partial charge in [-0.3, -0.25) is 14.5 Å². The van der Waals surface area contributed by atoms with Gasteiger partial charge in [-0.1, -0.05) is 74.5 Å². The molecule has 3 aliphatic heterocycles. The SMILES string of the molecule is COC(=O)N[C@H](C(=O)N1CCC[C@H]1c1nc2c([nH]1)COc1cc(-c3ccc4cc(-c5c[nH]c([C@@H]6CCCN6C(=O)[C@@H](c6ccccc6)N(C)C)n5)ccc4c3)ccc1-2)C(C)C. The number of fused-ring (bicyclic) bond motifs is 4. The van der Waals surface area contributed by atoms with Crippen LogP contribution in [0.25, 0.3) is 44.4 Å². The van der Waals surface area contributed by atoms with Gasteiger partial charge in [0.05, 0.1) is 36.3 Å². The average Bonchev–Trinajstić information content (AvgIpc) is 4.11. The van der Waals surface area contributed by atoms with E-state index in [-0.39, 0.29) is 35.9 Å². The van der Waals surface area contributed by atoms with Crippen LogP contribution in [0.1, 0.15) is 80.6 Å². The van der Waals surface area contributed by atoms with Gasteiger partial charge >= 0.3 is 6.09 Å². The van der Waals surface area contributed by atoms with E-state index in [9.17, 15) is 14.4 Å². The number of nitrogens with zero attached hydrogens (tertiary/aromatic N) is 5. The molecule has 3 amide bonds. The van der Waals surface area contributed by atoms with E-state index in [0.29, 0.717) is 19.7 Å². The van der Waals surface area contributed by atoms with Crippen LogP contribution >= 0.6 is 0 Å². The lowest BCUT2D eigenvalue weighted by atomic mass is 9.97. The number of amides is 3. The number of ether oxygens (including phenoxy) is 2. The number of nitrogens with one attached hydrogen (secondary N) is 3. The second kappa shape index (κ2) is 16.5. The first-order valence-electron chi connectivity index (χ1n) is 21.2. The lowest BCUT2D eigenvalue weighted by Crippen LogP contribution is -2.51. The number of carbonyl (C=O) groups excluding carboxylic acids is 3. The third-order valence-electron chi connectivity index (χ3n) is 12.4. The van der Waals surface area contributed by atoms with Crippen molar-refractivity contribution in [1.29, 1.82) is 0 Å². The monoisotopic (exact) mass is 820 g/mol. The van der Waals surface area contributed by atoms with Crippen LogP contribution in [0.2, 0.25) is 0 Å². The van der Waals surface area contributed by atoms with E-state index in [2.05, 4.69) is 69.9 Å². The van der Waals surface area contributed by atoms with Gasteiger partial charge in [0, 0.05) is 30.4 Å². The first-order chi connectivity index (χ1) is 29.6. The molecule has 3 N–H and O–H groups in total. The Morgan fingerprint density at radius 1 is 0.820 bits per heavy atom. The molecule has 314 valence electrons. The Labute approximate surface area is 355 Å². The van der Waals surface area contributed by atoms with Gasteiger partial charge in [0.2, 0.25) is 11.8 Å². The molecule has 6 aromatic rings. The van der Waals surface area contributed by atoms with Gasteiger partial charge in [-0.15, -0.1) is 0 Å². The van der Waals surface area contributed by atoms with E-state index in [1.54, 1.807) is 0 Å². The Balaban J connectivity index is 0.909. The minimum atomic E-state index is -0.698. The molecule has 0 aliphatic carbocycles. The third-order valence-corrected chi connectivity index (χ3v) is 12.4. The molecule has 13 heteroatoms. The fraction of sp³-hybridized carbons (Fsp3) is 0.354. The topological polar surface area (TPSA) is 149 Å². The standard InChI is InChI=1S/C48H52N8O5/c1-28(2)41(53-48(59)60-5)46(57)55-21-10-14-39(55)45-51-37-27-61-40-25-33(19-20-35(40)42(37)52-45)31-15-16-32-24-34(18-17-30(32)23-31)36-26-49-44(50-36)38-13-9-22-56(38)47(58)43(54(3)4)29-11-7-6-8-12-29/h6-8,11-12,15-20,23-26,28,38-39,41,43H,9-10,13-14,21-22,27H2,1-5H3,(H,49,50)(H,51,52)(H,53,59)/t38-,39-,41-,43+/m0/s1. The van der Waals surface area contributed by atoms with Crippen molar-refractivity contribution in [2.45, 2.75) is 70.3 Å². The molecular formula is C48H52N8O5. The summed E-state index contributed by atoms with van der Waals surface area (Å²) in [7, 11) is 5.21. The lowest BCUT2D eigenvalue weighted by Gasteiger charge is -2.31. The molecular weight excluding hydrogens is 769 g/mol. The zero-order valence-corrected chi connectivity index (χ0v) is 35.3. The summed E-state index contributed by atoms with van der Waals surface area (Å²) in [5.74, 6) is 2.14.